The molecule has 0 aliphatic rings. The van der Waals surface area contributed by atoms with E-state index in [0.29, 0.717) is 5.56 Å². The van der Waals surface area contributed by atoms with Crippen molar-refractivity contribution >= 4 is 10.0 Å². The van der Waals surface area contributed by atoms with E-state index in [4.69, 9.17) is 0 Å². The number of benzene rings is 2. The molecule has 0 radical (unpaired) electrons. The van der Waals surface area contributed by atoms with E-state index in [2.05, 4.69) is 16.6 Å². The predicted molar refractivity (Wildman–Crippen MR) is 89.4 cm³/mol. The largest absolute Gasteiger partial charge is 0.416 e. The molecule has 3 nitrogen and oxygen atoms in total. The Kier molecular flexibility index (Phi) is 5.55. The lowest BCUT2D eigenvalue weighted by atomic mass is 10.1. The van der Waals surface area contributed by atoms with Crippen molar-refractivity contribution in [2.75, 3.05) is 6.54 Å². The van der Waals surface area contributed by atoms with Gasteiger partial charge in [0.25, 0.3) is 0 Å². The molecule has 0 aliphatic heterocycles. The second kappa shape index (κ2) is 7.30. The number of aryl methyl sites for hydroxylation is 2. The van der Waals surface area contributed by atoms with Crippen LogP contribution in [0.4, 0.5) is 13.2 Å². The topological polar surface area (TPSA) is 46.2 Å². The van der Waals surface area contributed by atoms with Gasteiger partial charge in [-0.05, 0) is 43.7 Å². The van der Waals surface area contributed by atoms with E-state index in [1.807, 2.05) is 6.92 Å². The molecule has 0 amide bonds. The lowest BCUT2D eigenvalue weighted by molar-refractivity contribution is -0.137. The summed E-state index contributed by atoms with van der Waals surface area (Å²) in [6.45, 7) is 3.35. The molecular weight excluding hydrogens is 351 g/mol. The van der Waals surface area contributed by atoms with Gasteiger partial charge in [0.2, 0.25) is 10.0 Å². The van der Waals surface area contributed by atoms with E-state index in [1.54, 1.807) is 19.1 Å². The van der Waals surface area contributed by atoms with Gasteiger partial charge >= 0.3 is 6.18 Å². The first kappa shape index (κ1) is 19.0. The van der Waals surface area contributed by atoms with Crippen molar-refractivity contribution < 1.29 is 21.6 Å². The Bertz CT molecular complexity index is 939. The van der Waals surface area contributed by atoms with Crippen molar-refractivity contribution in [3.8, 4) is 11.8 Å². The number of halogens is 3. The maximum atomic E-state index is 12.6. The van der Waals surface area contributed by atoms with Crippen molar-refractivity contribution in [1.29, 1.82) is 0 Å². The van der Waals surface area contributed by atoms with Crippen molar-refractivity contribution in [3.05, 3.63) is 64.7 Å². The van der Waals surface area contributed by atoms with Gasteiger partial charge in [0.15, 0.2) is 0 Å². The number of alkyl halides is 3. The molecule has 2 rings (SSSR count). The monoisotopic (exact) mass is 367 g/mol. The number of nitrogens with one attached hydrogen (secondary N) is 1. The Labute approximate surface area is 144 Å². The van der Waals surface area contributed by atoms with Crippen LogP contribution in [0.1, 0.15) is 22.3 Å². The van der Waals surface area contributed by atoms with Crippen molar-refractivity contribution in [3.63, 3.8) is 0 Å². The van der Waals surface area contributed by atoms with Crippen LogP contribution in [0.2, 0.25) is 0 Å². The van der Waals surface area contributed by atoms with Crippen LogP contribution < -0.4 is 4.72 Å². The van der Waals surface area contributed by atoms with E-state index < -0.39 is 21.8 Å². The van der Waals surface area contributed by atoms with Crippen LogP contribution in [0.15, 0.2) is 47.4 Å². The van der Waals surface area contributed by atoms with E-state index in [9.17, 15) is 21.6 Å². The Morgan fingerprint density at radius 1 is 1.08 bits per heavy atom. The molecular formula is C18H16F3NO2S. The minimum absolute atomic E-state index is 0.152. The Hall–Kier alpha value is -2.30. The van der Waals surface area contributed by atoms with E-state index in [-0.39, 0.29) is 17.0 Å². The average molecular weight is 367 g/mol. The van der Waals surface area contributed by atoms with Crippen molar-refractivity contribution in [2.24, 2.45) is 0 Å². The van der Waals surface area contributed by atoms with Crippen LogP contribution >= 0.6 is 0 Å². The Morgan fingerprint density at radius 3 is 2.44 bits per heavy atom. The molecule has 0 bridgehead atoms. The summed E-state index contributed by atoms with van der Waals surface area (Å²) in [6.07, 6.45) is -4.44. The summed E-state index contributed by atoms with van der Waals surface area (Å²) in [5, 5.41) is 0. The van der Waals surface area contributed by atoms with Gasteiger partial charge in [0, 0.05) is 5.56 Å². The molecule has 0 aliphatic carbocycles. The summed E-state index contributed by atoms with van der Waals surface area (Å²) < 4.78 is 64.7. The van der Waals surface area contributed by atoms with Gasteiger partial charge in [0.1, 0.15) is 0 Å². The lowest BCUT2D eigenvalue weighted by Gasteiger charge is -2.08. The van der Waals surface area contributed by atoms with Crippen molar-refractivity contribution in [1.82, 2.24) is 4.72 Å². The highest BCUT2D eigenvalue weighted by molar-refractivity contribution is 7.89. The van der Waals surface area contributed by atoms with E-state index in [1.165, 1.54) is 18.2 Å². The molecule has 0 heterocycles. The molecule has 1 N–H and O–H groups in total. The fourth-order valence-electron chi connectivity index (χ4n) is 2.23. The highest BCUT2D eigenvalue weighted by Crippen LogP contribution is 2.29. The molecule has 25 heavy (non-hydrogen) atoms. The SMILES string of the molecule is Cc1ccc(S(=O)(=O)NCC#Cc2cccc(C(F)(F)F)c2)c(C)c1. The van der Waals surface area contributed by atoms with Gasteiger partial charge < -0.3 is 0 Å². The van der Waals surface area contributed by atoms with Gasteiger partial charge in [-0.3, -0.25) is 0 Å². The first-order valence-corrected chi connectivity index (χ1v) is 8.81. The van der Waals surface area contributed by atoms with E-state index >= 15 is 0 Å². The Balaban J connectivity index is 2.10. The van der Waals surface area contributed by atoms with Crippen LogP contribution in [-0.4, -0.2) is 15.0 Å². The summed E-state index contributed by atoms with van der Waals surface area (Å²) in [6, 6.07) is 9.51. The standard InChI is InChI=1S/C18H16F3NO2S/c1-13-8-9-17(14(2)11-13)25(23,24)22-10-4-6-15-5-3-7-16(12-15)18(19,20)21/h3,5,7-9,11-12,22H,10H2,1-2H3. The fourth-order valence-corrected chi connectivity index (χ4v) is 3.38. The normalized spacial score (nSPS) is 11.7. The first-order valence-electron chi connectivity index (χ1n) is 7.33. The molecule has 0 saturated heterocycles. The van der Waals surface area contributed by atoms with Gasteiger partial charge in [0.05, 0.1) is 17.0 Å². The smallest absolute Gasteiger partial charge is 0.207 e. The maximum Gasteiger partial charge on any atom is 0.416 e. The summed E-state index contributed by atoms with van der Waals surface area (Å²) >= 11 is 0. The number of hydrogen-bond donors (Lipinski definition) is 1. The molecule has 132 valence electrons. The molecule has 0 fully saturated rings. The fraction of sp³-hybridized carbons (Fsp3) is 0.222. The predicted octanol–water partition coefficient (Wildman–Crippen LogP) is 3.65. The minimum atomic E-state index is -4.44. The molecule has 0 saturated carbocycles. The molecule has 7 heteroatoms. The quantitative estimate of drug-likeness (QED) is 0.842. The zero-order valence-corrected chi connectivity index (χ0v) is 14.4. The van der Waals surface area contributed by atoms with E-state index in [0.717, 1.165) is 17.7 Å². The molecule has 0 unspecified atom stereocenters. The second-order valence-corrected chi connectivity index (χ2v) is 7.21. The number of sulfonamides is 1. The van der Waals surface area contributed by atoms with Crippen LogP contribution in [0.5, 0.6) is 0 Å². The third-order valence-electron chi connectivity index (χ3n) is 3.39. The van der Waals surface area contributed by atoms with Crippen LogP contribution in [-0.2, 0) is 16.2 Å². The summed E-state index contributed by atoms with van der Waals surface area (Å²) in [5.74, 6) is 5.06. The molecule has 0 aromatic heterocycles. The van der Waals surface area contributed by atoms with Crippen molar-refractivity contribution in [2.45, 2.75) is 24.9 Å². The number of hydrogen-bond acceptors (Lipinski definition) is 2. The van der Waals surface area contributed by atoms with Gasteiger partial charge in [-0.2, -0.15) is 17.9 Å². The maximum absolute atomic E-state index is 12.6. The average Bonchev–Trinajstić information content (AvgIpc) is 2.51. The van der Waals surface area contributed by atoms with Gasteiger partial charge in [-0.25, -0.2) is 8.42 Å². The van der Waals surface area contributed by atoms with Crippen LogP contribution in [0.25, 0.3) is 0 Å². The third kappa shape index (κ3) is 5.08. The number of rotatable bonds is 3. The first-order chi connectivity index (χ1) is 11.6. The zero-order chi connectivity index (χ0) is 18.7. The molecule has 0 atom stereocenters. The minimum Gasteiger partial charge on any atom is -0.207 e. The van der Waals surface area contributed by atoms with Crippen LogP contribution in [0.3, 0.4) is 0 Å². The summed E-state index contributed by atoms with van der Waals surface area (Å²) in [5.41, 5.74) is 0.926. The molecule has 0 spiro atoms. The molecule has 2 aromatic rings. The Morgan fingerprint density at radius 2 is 1.80 bits per heavy atom. The third-order valence-corrected chi connectivity index (χ3v) is 4.95. The van der Waals surface area contributed by atoms with Gasteiger partial charge in [-0.15, -0.1) is 0 Å². The highest BCUT2D eigenvalue weighted by Gasteiger charge is 2.30. The second-order valence-electron chi connectivity index (χ2n) is 5.47. The summed E-state index contributed by atoms with van der Waals surface area (Å²) in [4.78, 5) is 0.152. The lowest BCUT2D eigenvalue weighted by Crippen LogP contribution is -2.24. The summed E-state index contributed by atoms with van der Waals surface area (Å²) in [7, 11) is -3.73. The highest BCUT2D eigenvalue weighted by atomic mass is 32.2. The molecule has 2 aromatic carbocycles. The zero-order valence-electron chi connectivity index (χ0n) is 13.6. The van der Waals surface area contributed by atoms with Gasteiger partial charge in [-0.1, -0.05) is 35.6 Å². The van der Waals surface area contributed by atoms with Crippen LogP contribution in [0, 0.1) is 25.7 Å².